The first-order valence-electron chi connectivity index (χ1n) is 9.44. The highest BCUT2D eigenvalue weighted by Crippen LogP contribution is 2.25. The van der Waals surface area contributed by atoms with Gasteiger partial charge in [0.05, 0.1) is 10.6 Å². The molecule has 0 bridgehead atoms. The Balaban J connectivity index is 1.90. The zero-order valence-corrected chi connectivity index (χ0v) is 17.4. The predicted octanol–water partition coefficient (Wildman–Crippen LogP) is 1.80. The molecule has 8 heteroatoms. The van der Waals surface area contributed by atoms with E-state index in [0.717, 1.165) is 17.5 Å². The first-order valence-corrected chi connectivity index (χ1v) is 10.9. The summed E-state index contributed by atoms with van der Waals surface area (Å²) >= 11 is 0. The van der Waals surface area contributed by atoms with Gasteiger partial charge in [0.2, 0.25) is 12.3 Å². The number of hydrogen-bond donors (Lipinski definition) is 0. The smallest absolute Gasteiger partial charge is 0.264 e. The number of amides is 2. The maximum Gasteiger partial charge on any atom is 0.264 e. The monoisotopic (exact) mass is 415 g/mol. The summed E-state index contributed by atoms with van der Waals surface area (Å²) in [6.07, 6.45) is 0.767. The molecule has 1 aliphatic heterocycles. The number of carbonyl (C=O) groups excluding carboxylic acids is 2. The molecule has 0 N–H and O–H groups in total. The van der Waals surface area contributed by atoms with Crippen molar-refractivity contribution >= 4 is 28.0 Å². The molecule has 7 nitrogen and oxygen atoms in total. The topological polar surface area (TPSA) is 78.0 Å². The van der Waals surface area contributed by atoms with Crippen LogP contribution in [0.5, 0.6) is 0 Å². The van der Waals surface area contributed by atoms with Crippen LogP contribution in [0.1, 0.15) is 11.1 Å². The fraction of sp³-hybridized carbons (Fsp3) is 0.333. The van der Waals surface area contributed by atoms with Gasteiger partial charge in [-0.1, -0.05) is 29.8 Å². The molecule has 0 atom stereocenters. The summed E-state index contributed by atoms with van der Waals surface area (Å²) in [5, 5.41) is 0. The summed E-state index contributed by atoms with van der Waals surface area (Å²) in [6, 6.07) is 13.7. The molecule has 2 amide bonds. The van der Waals surface area contributed by atoms with E-state index in [9.17, 15) is 18.0 Å². The number of sulfonamides is 1. The average molecular weight is 416 g/mol. The van der Waals surface area contributed by atoms with Crippen LogP contribution < -0.4 is 4.31 Å². The van der Waals surface area contributed by atoms with E-state index < -0.39 is 10.0 Å². The molecule has 0 aliphatic carbocycles. The molecule has 1 aliphatic rings. The third kappa shape index (κ3) is 4.76. The second kappa shape index (κ2) is 8.65. The van der Waals surface area contributed by atoms with Crippen LogP contribution >= 0.6 is 0 Å². The first-order chi connectivity index (χ1) is 13.8. The Bertz CT molecular complexity index is 981. The summed E-state index contributed by atoms with van der Waals surface area (Å²) in [5.74, 6) is -0.284. The Kier molecular flexibility index (Phi) is 6.22. The van der Waals surface area contributed by atoms with Crippen LogP contribution in [0.4, 0.5) is 5.69 Å². The number of piperazine rings is 1. The van der Waals surface area contributed by atoms with E-state index in [1.165, 1.54) is 4.31 Å². The summed E-state index contributed by atoms with van der Waals surface area (Å²) in [5.41, 5.74) is 2.30. The second-order valence-electron chi connectivity index (χ2n) is 7.19. The maximum absolute atomic E-state index is 13.4. The van der Waals surface area contributed by atoms with Gasteiger partial charge in [0.25, 0.3) is 10.0 Å². The molecule has 3 rings (SSSR count). The molecule has 2 aromatic carbocycles. The van der Waals surface area contributed by atoms with E-state index in [0.29, 0.717) is 31.9 Å². The van der Waals surface area contributed by atoms with Crippen LogP contribution in [-0.4, -0.2) is 63.3 Å². The van der Waals surface area contributed by atoms with Gasteiger partial charge in [-0.05, 0) is 43.7 Å². The van der Waals surface area contributed by atoms with E-state index in [2.05, 4.69) is 0 Å². The van der Waals surface area contributed by atoms with Crippen molar-refractivity contribution in [3.8, 4) is 0 Å². The minimum Gasteiger partial charge on any atom is -0.342 e. The van der Waals surface area contributed by atoms with Crippen molar-refractivity contribution in [2.75, 3.05) is 37.0 Å². The van der Waals surface area contributed by atoms with Gasteiger partial charge in [-0.15, -0.1) is 0 Å². The minimum absolute atomic E-state index is 0.142. The van der Waals surface area contributed by atoms with Gasteiger partial charge in [0.15, 0.2) is 0 Å². The van der Waals surface area contributed by atoms with Crippen molar-refractivity contribution < 1.29 is 18.0 Å². The lowest BCUT2D eigenvalue weighted by molar-refractivity contribution is -0.133. The van der Waals surface area contributed by atoms with Crippen LogP contribution in [0.3, 0.4) is 0 Å². The number of hydrogen-bond acceptors (Lipinski definition) is 4. The number of aryl methyl sites for hydroxylation is 2. The molecule has 1 saturated heterocycles. The van der Waals surface area contributed by atoms with Crippen LogP contribution in [-0.2, 0) is 19.6 Å². The molecule has 1 heterocycles. The lowest BCUT2D eigenvalue weighted by Gasteiger charge is -2.34. The SMILES string of the molecule is Cc1ccc(S(=O)(=O)N(CC(=O)N2CCN(C=O)CC2)c2cccc(C)c2)cc1. The van der Waals surface area contributed by atoms with E-state index in [4.69, 9.17) is 0 Å². The highest BCUT2D eigenvalue weighted by Gasteiger charge is 2.30. The molecular formula is C21H25N3O4S. The third-order valence-corrected chi connectivity index (χ3v) is 6.78. The first kappa shape index (κ1) is 20.9. The molecular weight excluding hydrogens is 390 g/mol. The highest BCUT2D eigenvalue weighted by molar-refractivity contribution is 7.92. The Morgan fingerprint density at radius 1 is 1.00 bits per heavy atom. The summed E-state index contributed by atoms with van der Waals surface area (Å²) < 4.78 is 27.9. The third-order valence-electron chi connectivity index (χ3n) is 4.99. The van der Waals surface area contributed by atoms with Crippen molar-refractivity contribution in [3.05, 3.63) is 59.7 Å². The molecule has 29 heavy (non-hydrogen) atoms. The predicted molar refractivity (Wildman–Crippen MR) is 111 cm³/mol. The van der Waals surface area contributed by atoms with E-state index in [-0.39, 0.29) is 17.3 Å². The van der Waals surface area contributed by atoms with Crippen LogP contribution in [0.2, 0.25) is 0 Å². The van der Waals surface area contributed by atoms with Crippen molar-refractivity contribution in [3.63, 3.8) is 0 Å². The number of benzene rings is 2. The average Bonchev–Trinajstić information content (AvgIpc) is 2.72. The quantitative estimate of drug-likeness (QED) is 0.674. The van der Waals surface area contributed by atoms with Gasteiger partial charge in [-0.25, -0.2) is 8.42 Å². The van der Waals surface area contributed by atoms with Crippen molar-refractivity contribution in [2.24, 2.45) is 0 Å². The minimum atomic E-state index is -3.92. The molecule has 0 aromatic heterocycles. The van der Waals surface area contributed by atoms with Gasteiger partial charge >= 0.3 is 0 Å². The zero-order valence-electron chi connectivity index (χ0n) is 16.6. The number of rotatable bonds is 6. The van der Waals surface area contributed by atoms with Gasteiger partial charge in [-0.3, -0.25) is 13.9 Å². The fourth-order valence-corrected chi connectivity index (χ4v) is 4.64. The summed E-state index contributed by atoms with van der Waals surface area (Å²) in [6.45, 7) is 5.15. The van der Waals surface area contributed by atoms with Gasteiger partial charge in [0.1, 0.15) is 6.54 Å². The van der Waals surface area contributed by atoms with Crippen molar-refractivity contribution in [2.45, 2.75) is 18.7 Å². The molecule has 0 spiro atoms. The Labute approximate surface area is 171 Å². The molecule has 2 aromatic rings. The van der Waals surface area contributed by atoms with Crippen LogP contribution in [0.15, 0.2) is 53.4 Å². The zero-order chi connectivity index (χ0) is 21.0. The van der Waals surface area contributed by atoms with E-state index >= 15 is 0 Å². The van der Waals surface area contributed by atoms with Crippen LogP contribution in [0.25, 0.3) is 0 Å². The summed E-state index contributed by atoms with van der Waals surface area (Å²) in [4.78, 5) is 27.1. The number of anilines is 1. The highest BCUT2D eigenvalue weighted by atomic mass is 32.2. The van der Waals surface area contributed by atoms with Crippen LogP contribution in [0, 0.1) is 13.8 Å². The summed E-state index contributed by atoms with van der Waals surface area (Å²) in [7, 11) is -3.92. The molecule has 154 valence electrons. The van der Waals surface area contributed by atoms with E-state index in [1.807, 2.05) is 19.9 Å². The standard InChI is InChI=1S/C21H25N3O4S/c1-17-6-8-20(9-7-17)29(27,28)24(19-5-3-4-18(2)14-19)15-21(26)23-12-10-22(16-25)11-13-23/h3-9,14,16H,10-13,15H2,1-2H3. The second-order valence-corrected chi connectivity index (χ2v) is 9.05. The lowest BCUT2D eigenvalue weighted by Crippen LogP contribution is -2.51. The van der Waals surface area contributed by atoms with E-state index in [1.54, 1.807) is 52.3 Å². The Hall–Kier alpha value is -2.87. The fourth-order valence-electron chi connectivity index (χ4n) is 3.24. The lowest BCUT2D eigenvalue weighted by atomic mass is 10.2. The van der Waals surface area contributed by atoms with Gasteiger partial charge < -0.3 is 9.80 Å². The number of nitrogens with zero attached hydrogens (tertiary/aromatic N) is 3. The largest absolute Gasteiger partial charge is 0.342 e. The van der Waals surface area contributed by atoms with Gasteiger partial charge in [0, 0.05) is 26.2 Å². The van der Waals surface area contributed by atoms with Crippen molar-refractivity contribution in [1.29, 1.82) is 0 Å². The normalized spacial score (nSPS) is 14.6. The van der Waals surface area contributed by atoms with Crippen molar-refractivity contribution in [1.82, 2.24) is 9.80 Å². The Morgan fingerprint density at radius 2 is 1.66 bits per heavy atom. The van der Waals surface area contributed by atoms with Gasteiger partial charge in [-0.2, -0.15) is 0 Å². The molecule has 0 radical (unpaired) electrons. The Morgan fingerprint density at radius 3 is 2.24 bits per heavy atom. The maximum atomic E-state index is 13.4. The molecule has 1 fully saturated rings. The molecule has 0 unspecified atom stereocenters. The number of carbonyl (C=O) groups is 2. The molecule has 0 saturated carbocycles.